The summed E-state index contributed by atoms with van der Waals surface area (Å²) in [6.07, 6.45) is 1.50. The van der Waals surface area contributed by atoms with Gasteiger partial charge in [-0.25, -0.2) is 4.98 Å². The molecule has 2 rings (SSSR count). The monoisotopic (exact) mass is 305 g/mol. The standard InChI is InChI=1S/C13H12BrN3O/c1-8-2-4-11(14)10(6-8)13(18)17-12-5-3-9(15)7-16-12/h2-7H,15H2,1H3,(H,16,17,18). The Kier molecular flexibility index (Phi) is 3.62. The van der Waals surface area contributed by atoms with Gasteiger partial charge >= 0.3 is 0 Å². The minimum absolute atomic E-state index is 0.206. The number of aromatic nitrogens is 1. The van der Waals surface area contributed by atoms with E-state index in [2.05, 4.69) is 26.2 Å². The highest BCUT2D eigenvalue weighted by Crippen LogP contribution is 2.19. The Labute approximate surface area is 113 Å². The summed E-state index contributed by atoms with van der Waals surface area (Å²) in [7, 11) is 0. The number of amides is 1. The number of nitrogens with one attached hydrogen (secondary N) is 1. The summed E-state index contributed by atoms with van der Waals surface area (Å²) in [6.45, 7) is 1.94. The Bertz CT molecular complexity index is 581. The first-order chi connectivity index (χ1) is 8.56. The highest BCUT2D eigenvalue weighted by Gasteiger charge is 2.10. The quantitative estimate of drug-likeness (QED) is 0.896. The van der Waals surface area contributed by atoms with Crippen molar-refractivity contribution in [2.75, 3.05) is 11.1 Å². The van der Waals surface area contributed by atoms with Gasteiger partial charge in [0, 0.05) is 4.47 Å². The molecule has 0 saturated carbocycles. The molecule has 18 heavy (non-hydrogen) atoms. The Morgan fingerprint density at radius 3 is 2.78 bits per heavy atom. The lowest BCUT2D eigenvalue weighted by Gasteiger charge is -2.07. The van der Waals surface area contributed by atoms with Gasteiger partial charge in [0.1, 0.15) is 5.82 Å². The summed E-state index contributed by atoms with van der Waals surface area (Å²) in [4.78, 5) is 16.1. The predicted octanol–water partition coefficient (Wildman–Crippen LogP) is 2.99. The molecule has 3 N–H and O–H groups in total. The summed E-state index contributed by atoms with van der Waals surface area (Å²) >= 11 is 3.35. The topological polar surface area (TPSA) is 68.0 Å². The van der Waals surface area contributed by atoms with Gasteiger partial charge in [-0.3, -0.25) is 4.79 Å². The number of hydrogen-bond acceptors (Lipinski definition) is 3. The lowest BCUT2D eigenvalue weighted by molar-refractivity contribution is 0.102. The first-order valence-corrected chi connectivity index (χ1v) is 6.14. The minimum atomic E-state index is -0.206. The zero-order chi connectivity index (χ0) is 13.1. The van der Waals surface area contributed by atoms with Crippen molar-refractivity contribution in [1.29, 1.82) is 0 Å². The van der Waals surface area contributed by atoms with Crippen molar-refractivity contribution in [2.45, 2.75) is 6.92 Å². The number of pyridine rings is 1. The van der Waals surface area contributed by atoms with Gasteiger partial charge in [-0.2, -0.15) is 0 Å². The number of hydrogen-bond donors (Lipinski definition) is 2. The second kappa shape index (κ2) is 5.18. The number of carbonyl (C=O) groups excluding carboxylic acids is 1. The minimum Gasteiger partial charge on any atom is -0.397 e. The largest absolute Gasteiger partial charge is 0.397 e. The molecular weight excluding hydrogens is 294 g/mol. The number of nitrogens with zero attached hydrogens (tertiary/aromatic N) is 1. The Balaban J connectivity index is 2.21. The third-order valence-corrected chi connectivity index (χ3v) is 3.09. The van der Waals surface area contributed by atoms with Gasteiger partial charge in [0.05, 0.1) is 17.4 Å². The number of nitrogen functional groups attached to an aromatic ring is 1. The van der Waals surface area contributed by atoms with E-state index < -0.39 is 0 Å². The van der Waals surface area contributed by atoms with Crippen LogP contribution in [-0.4, -0.2) is 10.9 Å². The zero-order valence-electron chi connectivity index (χ0n) is 9.77. The summed E-state index contributed by atoms with van der Waals surface area (Å²) < 4.78 is 0.751. The smallest absolute Gasteiger partial charge is 0.257 e. The van der Waals surface area contributed by atoms with Crippen LogP contribution >= 0.6 is 15.9 Å². The Morgan fingerprint density at radius 2 is 2.11 bits per heavy atom. The molecule has 1 heterocycles. The highest BCUT2D eigenvalue weighted by atomic mass is 79.9. The van der Waals surface area contributed by atoms with E-state index in [0.717, 1.165) is 10.0 Å². The molecule has 0 fully saturated rings. The molecule has 0 spiro atoms. The number of aryl methyl sites for hydroxylation is 1. The summed E-state index contributed by atoms with van der Waals surface area (Å²) in [5.74, 6) is 0.269. The third kappa shape index (κ3) is 2.87. The Hall–Kier alpha value is -1.88. The molecule has 0 aliphatic rings. The first-order valence-electron chi connectivity index (χ1n) is 5.35. The number of benzene rings is 1. The predicted molar refractivity (Wildman–Crippen MR) is 75.5 cm³/mol. The molecule has 0 aliphatic heterocycles. The van der Waals surface area contributed by atoms with Crippen LogP contribution in [0.2, 0.25) is 0 Å². The zero-order valence-corrected chi connectivity index (χ0v) is 11.4. The SMILES string of the molecule is Cc1ccc(Br)c(C(=O)Nc2ccc(N)cn2)c1. The van der Waals surface area contributed by atoms with E-state index in [1.807, 2.05) is 25.1 Å². The fourth-order valence-corrected chi connectivity index (χ4v) is 1.90. The van der Waals surface area contributed by atoms with Crippen LogP contribution in [0.3, 0.4) is 0 Å². The van der Waals surface area contributed by atoms with Crippen molar-refractivity contribution in [3.05, 3.63) is 52.1 Å². The molecule has 2 aromatic rings. The number of halogens is 1. The lowest BCUT2D eigenvalue weighted by atomic mass is 10.1. The fraction of sp³-hybridized carbons (Fsp3) is 0.0769. The average molecular weight is 306 g/mol. The molecule has 0 unspecified atom stereocenters. The molecule has 1 aromatic carbocycles. The van der Waals surface area contributed by atoms with Crippen LogP contribution in [0.5, 0.6) is 0 Å². The first kappa shape index (κ1) is 12.6. The Morgan fingerprint density at radius 1 is 1.33 bits per heavy atom. The molecule has 5 heteroatoms. The van der Waals surface area contributed by atoms with Crippen LogP contribution in [-0.2, 0) is 0 Å². The van der Waals surface area contributed by atoms with Gasteiger partial charge in [0.25, 0.3) is 5.91 Å². The van der Waals surface area contributed by atoms with Crippen LogP contribution in [0, 0.1) is 6.92 Å². The lowest BCUT2D eigenvalue weighted by Crippen LogP contribution is -2.13. The maximum atomic E-state index is 12.1. The summed E-state index contributed by atoms with van der Waals surface area (Å²) in [5, 5.41) is 2.72. The third-order valence-electron chi connectivity index (χ3n) is 2.39. The van der Waals surface area contributed by atoms with Crippen LogP contribution in [0.1, 0.15) is 15.9 Å². The second-order valence-corrected chi connectivity index (χ2v) is 4.77. The van der Waals surface area contributed by atoms with Crippen molar-refractivity contribution < 1.29 is 4.79 Å². The van der Waals surface area contributed by atoms with Gasteiger partial charge in [-0.05, 0) is 47.1 Å². The van der Waals surface area contributed by atoms with E-state index in [0.29, 0.717) is 17.1 Å². The van der Waals surface area contributed by atoms with E-state index in [1.54, 1.807) is 12.1 Å². The van der Waals surface area contributed by atoms with Crippen molar-refractivity contribution in [2.24, 2.45) is 0 Å². The van der Waals surface area contributed by atoms with Gasteiger partial charge in [0.2, 0.25) is 0 Å². The molecule has 0 atom stereocenters. The van der Waals surface area contributed by atoms with E-state index in [9.17, 15) is 4.79 Å². The summed E-state index contributed by atoms with van der Waals surface area (Å²) in [6, 6.07) is 8.95. The van der Waals surface area contributed by atoms with E-state index >= 15 is 0 Å². The van der Waals surface area contributed by atoms with Gasteiger partial charge in [0.15, 0.2) is 0 Å². The second-order valence-electron chi connectivity index (χ2n) is 3.91. The number of anilines is 2. The highest BCUT2D eigenvalue weighted by molar-refractivity contribution is 9.10. The molecular formula is C13H12BrN3O. The molecule has 0 bridgehead atoms. The van der Waals surface area contributed by atoms with Crippen LogP contribution in [0.25, 0.3) is 0 Å². The van der Waals surface area contributed by atoms with Crippen LogP contribution in [0.15, 0.2) is 41.0 Å². The van der Waals surface area contributed by atoms with Gasteiger partial charge in [-0.1, -0.05) is 11.6 Å². The van der Waals surface area contributed by atoms with Crippen molar-refractivity contribution in [1.82, 2.24) is 4.98 Å². The van der Waals surface area contributed by atoms with Crippen LogP contribution < -0.4 is 11.1 Å². The van der Waals surface area contributed by atoms with Gasteiger partial charge < -0.3 is 11.1 Å². The number of rotatable bonds is 2. The van der Waals surface area contributed by atoms with Gasteiger partial charge in [-0.15, -0.1) is 0 Å². The summed E-state index contributed by atoms with van der Waals surface area (Å²) in [5.41, 5.74) is 7.69. The molecule has 92 valence electrons. The average Bonchev–Trinajstić information content (AvgIpc) is 2.35. The molecule has 0 radical (unpaired) electrons. The molecule has 0 saturated heterocycles. The van der Waals surface area contributed by atoms with E-state index in [-0.39, 0.29) is 5.91 Å². The maximum absolute atomic E-state index is 12.1. The van der Waals surface area contributed by atoms with E-state index in [4.69, 9.17) is 5.73 Å². The molecule has 1 aromatic heterocycles. The maximum Gasteiger partial charge on any atom is 0.257 e. The molecule has 0 aliphatic carbocycles. The fourth-order valence-electron chi connectivity index (χ4n) is 1.48. The van der Waals surface area contributed by atoms with Crippen molar-refractivity contribution in [3.8, 4) is 0 Å². The molecule has 4 nitrogen and oxygen atoms in total. The van der Waals surface area contributed by atoms with Crippen molar-refractivity contribution >= 4 is 33.3 Å². The number of carbonyl (C=O) groups is 1. The normalized spacial score (nSPS) is 10.1. The number of nitrogens with two attached hydrogens (primary N) is 1. The van der Waals surface area contributed by atoms with Crippen molar-refractivity contribution in [3.63, 3.8) is 0 Å². The molecule has 1 amide bonds. The van der Waals surface area contributed by atoms with E-state index in [1.165, 1.54) is 6.20 Å². The van der Waals surface area contributed by atoms with Crippen LogP contribution in [0.4, 0.5) is 11.5 Å².